The number of hydrogen-bond donors (Lipinski definition) is 1. The molecule has 2 aromatic rings. The first-order chi connectivity index (χ1) is 7.92. The zero-order chi connectivity index (χ0) is 12.6. The average Bonchev–Trinajstić information content (AvgIpc) is 2.53. The lowest BCUT2D eigenvalue weighted by molar-refractivity contribution is 0.345. The van der Waals surface area contributed by atoms with Gasteiger partial charge in [0.1, 0.15) is 11.8 Å². The van der Waals surface area contributed by atoms with Crippen LogP contribution in [0.15, 0.2) is 6.33 Å². The Morgan fingerprint density at radius 2 is 2.12 bits per heavy atom. The molecule has 17 heavy (non-hydrogen) atoms. The molecule has 6 heteroatoms. The van der Waals surface area contributed by atoms with Crippen LogP contribution < -0.4 is 4.74 Å². The highest BCUT2D eigenvalue weighted by Gasteiger charge is 2.17. The van der Waals surface area contributed by atoms with Crippen LogP contribution in [0.2, 0.25) is 0 Å². The fourth-order valence-corrected chi connectivity index (χ4v) is 1.97. The van der Waals surface area contributed by atoms with Crippen molar-refractivity contribution >= 4 is 23.4 Å². The van der Waals surface area contributed by atoms with E-state index in [2.05, 4.69) is 35.7 Å². The molecule has 5 nitrogen and oxygen atoms in total. The molecule has 0 aliphatic rings. The second kappa shape index (κ2) is 4.10. The smallest absolute Gasteiger partial charge is 0.242 e. The number of nitrogens with zero attached hydrogens (tertiary/aromatic N) is 3. The summed E-state index contributed by atoms with van der Waals surface area (Å²) in [4.78, 5) is 11.4. The summed E-state index contributed by atoms with van der Waals surface area (Å²) in [5.74, 6) is 0.522. The van der Waals surface area contributed by atoms with E-state index in [0.29, 0.717) is 10.7 Å². The highest BCUT2D eigenvalue weighted by Crippen LogP contribution is 2.24. The van der Waals surface area contributed by atoms with Crippen molar-refractivity contribution in [3.05, 3.63) is 11.1 Å². The zero-order valence-corrected chi connectivity index (χ0v) is 11.3. The molecule has 0 radical (unpaired) electrons. The van der Waals surface area contributed by atoms with Gasteiger partial charge in [-0.3, -0.25) is 0 Å². The molecule has 0 saturated heterocycles. The first kappa shape index (κ1) is 12.0. The van der Waals surface area contributed by atoms with Crippen molar-refractivity contribution in [3.8, 4) is 5.88 Å². The molecule has 1 N–H and O–H groups in total. The van der Waals surface area contributed by atoms with Gasteiger partial charge in [0.2, 0.25) is 5.88 Å². The molecule has 0 fully saturated rings. The Balaban J connectivity index is 2.65. The third kappa shape index (κ3) is 2.31. The summed E-state index contributed by atoms with van der Waals surface area (Å²) in [6.07, 6.45) is 1.49. The summed E-state index contributed by atoms with van der Waals surface area (Å²) in [6.45, 7) is 7.27. The Morgan fingerprint density at radius 1 is 1.41 bits per heavy atom. The van der Waals surface area contributed by atoms with Crippen LogP contribution >= 0.6 is 12.2 Å². The summed E-state index contributed by atoms with van der Waals surface area (Å²) < 4.78 is 7.81. The first-order valence-electron chi connectivity index (χ1n) is 5.40. The molecule has 0 aliphatic heterocycles. The van der Waals surface area contributed by atoms with Gasteiger partial charge in [-0.25, -0.2) is 4.98 Å². The topological polar surface area (TPSA) is 55.7 Å². The predicted molar refractivity (Wildman–Crippen MR) is 68.7 cm³/mol. The van der Waals surface area contributed by atoms with E-state index in [1.807, 2.05) is 4.57 Å². The molecule has 0 bridgehead atoms. The van der Waals surface area contributed by atoms with Crippen LogP contribution in [0, 0.1) is 10.2 Å². The largest absolute Gasteiger partial charge is 0.479 e. The van der Waals surface area contributed by atoms with E-state index in [1.54, 1.807) is 7.11 Å². The molecule has 2 heterocycles. The molecule has 2 rings (SSSR count). The maximum absolute atomic E-state index is 5.31. The lowest BCUT2D eigenvalue weighted by Crippen LogP contribution is -2.15. The predicted octanol–water partition coefficient (Wildman–Crippen LogP) is 2.54. The second-order valence-electron chi connectivity index (χ2n) is 5.16. The Labute approximate surface area is 105 Å². The Morgan fingerprint density at radius 3 is 2.71 bits per heavy atom. The van der Waals surface area contributed by atoms with E-state index in [1.165, 1.54) is 6.33 Å². The van der Waals surface area contributed by atoms with E-state index >= 15 is 0 Å². The number of nitrogens with one attached hydrogen (secondary N) is 1. The van der Waals surface area contributed by atoms with Gasteiger partial charge in [-0.2, -0.15) is 4.98 Å². The van der Waals surface area contributed by atoms with Crippen LogP contribution in [0.25, 0.3) is 11.2 Å². The van der Waals surface area contributed by atoms with Gasteiger partial charge in [0.15, 0.2) is 10.4 Å². The molecular weight excluding hydrogens is 236 g/mol. The maximum atomic E-state index is 5.31. The number of hydrogen-bond acceptors (Lipinski definition) is 4. The molecule has 0 saturated carbocycles. The molecule has 0 amide bonds. The number of fused-ring (bicyclic) bond motifs is 1. The van der Waals surface area contributed by atoms with Crippen LogP contribution in [-0.4, -0.2) is 26.6 Å². The third-order valence-electron chi connectivity index (χ3n) is 2.35. The van der Waals surface area contributed by atoms with E-state index < -0.39 is 0 Å². The van der Waals surface area contributed by atoms with Crippen molar-refractivity contribution in [3.63, 3.8) is 0 Å². The average molecular weight is 252 g/mol. The number of H-pyrrole nitrogens is 1. The van der Waals surface area contributed by atoms with Gasteiger partial charge < -0.3 is 14.3 Å². The monoisotopic (exact) mass is 252 g/mol. The SMILES string of the molecule is COc1ncnc2c1[nH]c(=S)n2CC(C)(C)C. The standard InChI is InChI=1S/C11H16N4OS/c1-11(2,3)5-15-8-7(14-10(15)17)9(16-4)13-6-12-8/h6H,5H2,1-4H3,(H,14,17). The molecule has 0 aliphatic carbocycles. The van der Waals surface area contributed by atoms with Gasteiger partial charge in [0.05, 0.1) is 7.11 Å². The highest BCUT2D eigenvalue weighted by atomic mass is 32.1. The van der Waals surface area contributed by atoms with Gasteiger partial charge >= 0.3 is 0 Å². The van der Waals surface area contributed by atoms with Crippen molar-refractivity contribution in [1.82, 2.24) is 19.5 Å². The first-order valence-corrected chi connectivity index (χ1v) is 5.81. The summed E-state index contributed by atoms with van der Waals surface area (Å²) in [6, 6.07) is 0. The number of methoxy groups -OCH3 is 1. The van der Waals surface area contributed by atoms with Crippen LogP contribution in [0.5, 0.6) is 5.88 Å². The third-order valence-corrected chi connectivity index (χ3v) is 2.67. The van der Waals surface area contributed by atoms with Crippen LogP contribution in [0.4, 0.5) is 0 Å². The molecule has 2 aromatic heterocycles. The number of imidazole rings is 1. The Hall–Kier alpha value is -1.43. The second-order valence-corrected chi connectivity index (χ2v) is 5.55. The van der Waals surface area contributed by atoms with Crippen molar-refractivity contribution in [1.29, 1.82) is 0 Å². The zero-order valence-electron chi connectivity index (χ0n) is 10.4. The molecule has 0 aromatic carbocycles. The van der Waals surface area contributed by atoms with Crippen molar-refractivity contribution in [2.45, 2.75) is 27.3 Å². The quantitative estimate of drug-likeness (QED) is 0.834. The minimum absolute atomic E-state index is 0.130. The van der Waals surface area contributed by atoms with E-state index in [9.17, 15) is 0 Å². The highest BCUT2D eigenvalue weighted by molar-refractivity contribution is 7.71. The van der Waals surface area contributed by atoms with Crippen LogP contribution in [0.3, 0.4) is 0 Å². The Kier molecular flexibility index (Phi) is 2.91. The van der Waals surface area contributed by atoms with Crippen LogP contribution in [-0.2, 0) is 6.54 Å². The Bertz CT molecular complexity index is 594. The van der Waals surface area contributed by atoms with Gasteiger partial charge in [0.25, 0.3) is 0 Å². The lowest BCUT2D eigenvalue weighted by Gasteiger charge is -2.18. The minimum atomic E-state index is 0.130. The summed E-state index contributed by atoms with van der Waals surface area (Å²) in [7, 11) is 1.58. The molecular formula is C11H16N4OS. The number of aromatic amines is 1. The minimum Gasteiger partial charge on any atom is -0.479 e. The summed E-state index contributed by atoms with van der Waals surface area (Å²) in [5, 5.41) is 0. The van der Waals surface area contributed by atoms with Gasteiger partial charge in [-0.05, 0) is 17.6 Å². The fraction of sp³-hybridized carbons (Fsp3) is 0.545. The van der Waals surface area contributed by atoms with E-state index in [4.69, 9.17) is 17.0 Å². The molecule has 0 unspecified atom stereocenters. The van der Waals surface area contributed by atoms with Crippen LogP contribution in [0.1, 0.15) is 20.8 Å². The van der Waals surface area contributed by atoms with Gasteiger partial charge in [-0.1, -0.05) is 20.8 Å². The summed E-state index contributed by atoms with van der Waals surface area (Å²) in [5.41, 5.74) is 1.67. The normalized spacial score (nSPS) is 12.0. The summed E-state index contributed by atoms with van der Waals surface area (Å²) >= 11 is 5.31. The van der Waals surface area contributed by atoms with Gasteiger partial charge in [-0.15, -0.1) is 0 Å². The van der Waals surface area contributed by atoms with Crippen molar-refractivity contribution in [2.24, 2.45) is 5.41 Å². The van der Waals surface area contributed by atoms with E-state index in [0.717, 1.165) is 17.7 Å². The number of ether oxygens (including phenoxy) is 1. The molecule has 0 atom stereocenters. The maximum Gasteiger partial charge on any atom is 0.242 e. The molecule has 0 spiro atoms. The number of aromatic nitrogens is 4. The lowest BCUT2D eigenvalue weighted by atomic mass is 9.97. The molecule has 92 valence electrons. The van der Waals surface area contributed by atoms with Crippen molar-refractivity contribution in [2.75, 3.05) is 7.11 Å². The van der Waals surface area contributed by atoms with E-state index in [-0.39, 0.29) is 5.41 Å². The fourth-order valence-electron chi connectivity index (χ4n) is 1.72. The van der Waals surface area contributed by atoms with Gasteiger partial charge in [0, 0.05) is 6.54 Å². The van der Waals surface area contributed by atoms with Crippen molar-refractivity contribution < 1.29 is 4.74 Å². The number of rotatable bonds is 2.